The zero-order valence-electron chi connectivity index (χ0n) is 29.1. The predicted octanol–water partition coefficient (Wildman–Crippen LogP) is 6.98. The Balaban J connectivity index is 1.10. The highest BCUT2D eigenvalue weighted by Gasteiger charge is 2.25. The van der Waals surface area contributed by atoms with Crippen molar-refractivity contribution in [1.82, 2.24) is 24.3 Å². The second kappa shape index (κ2) is 16.3. The van der Waals surface area contributed by atoms with Gasteiger partial charge in [-0.2, -0.15) is 0 Å². The van der Waals surface area contributed by atoms with E-state index in [1.54, 1.807) is 44.6 Å². The Morgan fingerprint density at radius 2 is 1.74 bits per heavy atom. The van der Waals surface area contributed by atoms with Crippen LogP contribution >= 0.6 is 11.6 Å². The number of imidazole rings is 1. The van der Waals surface area contributed by atoms with Crippen molar-refractivity contribution in [2.75, 3.05) is 59.9 Å². The van der Waals surface area contributed by atoms with Crippen molar-refractivity contribution in [2.24, 2.45) is 0 Å². The fraction of sp³-hybridized carbons (Fsp3) is 0.359. The number of likely N-dealkylation sites (tertiary alicyclic amines) is 1. The molecule has 0 radical (unpaired) electrons. The molecular weight excluding hydrogens is 652 g/mol. The van der Waals surface area contributed by atoms with Gasteiger partial charge in [0.15, 0.2) is 11.5 Å². The highest BCUT2D eigenvalue weighted by Crippen LogP contribution is 2.38. The average molecular weight is 697 g/mol. The number of amides is 1. The second-order valence-corrected chi connectivity index (χ2v) is 13.2. The number of piperidine rings is 1. The van der Waals surface area contributed by atoms with E-state index < -0.39 is 0 Å². The number of hydrogen-bond acceptors (Lipinski definition) is 8. The van der Waals surface area contributed by atoms with Crippen LogP contribution in [0.3, 0.4) is 0 Å². The molecule has 1 saturated heterocycles. The average Bonchev–Trinajstić information content (AvgIpc) is 3.49. The van der Waals surface area contributed by atoms with Gasteiger partial charge in [-0.25, -0.2) is 4.98 Å². The molecule has 1 aliphatic heterocycles. The summed E-state index contributed by atoms with van der Waals surface area (Å²) in [5, 5.41) is 4.46. The summed E-state index contributed by atoms with van der Waals surface area (Å²) < 4.78 is 18.7. The molecule has 0 saturated carbocycles. The molecule has 1 atom stereocenters. The lowest BCUT2D eigenvalue weighted by Gasteiger charge is -2.34. The van der Waals surface area contributed by atoms with Gasteiger partial charge in [0.05, 0.1) is 38.9 Å². The first-order chi connectivity index (χ1) is 24.4. The highest BCUT2D eigenvalue weighted by atomic mass is 35.5. The van der Waals surface area contributed by atoms with Crippen LogP contribution in [-0.2, 0) is 6.54 Å². The molecule has 0 bridgehead atoms. The Hall–Kier alpha value is -4.80. The van der Waals surface area contributed by atoms with Gasteiger partial charge in [-0.05, 0) is 79.4 Å². The third-order valence-electron chi connectivity index (χ3n) is 9.51. The van der Waals surface area contributed by atoms with Crippen LogP contribution in [0.15, 0.2) is 85.2 Å². The first kappa shape index (κ1) is 35.0. The van der Waals surface area contributed by atoms with E-state index in [1.807, 2.05) is 43.6 Å². The van der Waals surface area contributed by atoms with Crippen LogP contribution in [0.1, 0.15) is 46.7 Å². The molecule has 50 heavy (non-hydrogen) atoms. The van der Waals surface area contributed by atoms with Crippen molar-refractivity contribution in [3.63, 3.8) is 0 Å². The Bertz CT molecular complexity index is 1870. The Kier molecular flexibility index (Phi) is 11.4. The number of methoxy groups -OCH3 is 3. The van der Waals surface area contributed by atoms with Gasteiger partial charge in [-0.15, -0.1) is 0 Å². The summed E-state index contributed by atoms with van der Waals surface area (Å²) in [6.45, 7) is 4.10. The minimum Gasteiger partial charge on any atom is -0.493 e. The Labute approximate surface area is 298 Å². The second-order valence-electron chi connectivity index (χ2n) is 12.8. The van der Waals surface area contributed by atoms with E-state index in [0.717, 1.165) is 67.0 Å². The van der Waals surface area contributed by atoms with Crippen molar-refractivity contribution in [1.29, 1.82) is 0 Å². The van der Waals surface area contributed by atoms with Gasteiger partial charge in [0.25, 0.3) is 5.91 Å². The lowest BCUT2D eigenvalue weighted by atomic mass is 9.94. The fourth-order valence-corrected chi connectivity index (χ4v) is 7.00. The van der Waals surface area contributed by atoms with Crippen molar-refractivity contribution in [3.05, 3.63) is 107 Å². The minimum absolute atomic E-state index is 0.0907. The van der Waals surface area contributed by atoms with Gasteiger partial charge in [0.1, 0.15) is 0 Å². The summed E-state index contributed by atoms with van der Waals surface area (Å²) >= 11 is 6.45. The number of carbonyl (C=O) groups is 1. The number of hydrogen-bond donors (Lipinski definition) is 1. The number of nitrogens with one attached hydrogen (secondary N) is 1. The Morgan fingerprint density at radius 1 is 0.980 bits per heavy atom. The maximum Gasteiger partial charge on any atom is 0.253 e. The van der Waals surface area contributed by atoms with Gasteiger partial charge < -0.3 is 33.9 Å². The summed E-state index contributed by atoms with van der Waals surface area (Å²) in [7, 11) is 6.47. The van der Waals surface area contributed by atoms with Crippen LogP contribution in [0.5, 0.6) is 17.2 Å². The molecule has 10 nitrogen and oxygen atoms in total. The van der Waals surface area contributed by atoms with Gasteiger partial charge in [0.2, 0.25) is 11.7 Å². The number of halogens is 1. The molecule has 0 aliphatic carbocycles. The van der Waals surface area contributed by atoms with Gasteiger partial charge >= 0.3 is 0 Å². The highest BCUT2D eigenvalue weighted by molar-refractivity contribution is 6.30. The topological polar surface area (TPSA) is 94.0 Å². The van der Waals surface area contributed by atoms with Gasteiger partial charge in [0, 0.05) is 61.6 Å². The standard InChI is InChI=1S/C39H45ClN6O4/c1-44(38(47)30-22-35(48-2)37(50-4)36(23-30)49-3)26-29(28-10-7-11-31(40)21-28)14-18-45-19-15-32(16-20-45)42-39-43-33-12-5-6-13-34(33)46(39)25-27-9-8-17-41-24-27/h5-13,17,21-24,29,32H,14-16,18-20,25-26H2,1-4H3,(H,42,43). The number of para-hydroxylation sites is 2. The summed E-state index contributed by atoms with van der Waals surface area (Å²) in [6, 6.07) is 24.0. The van der Waals surface area contributed by atoms with Crippen molar-refractivity contribution in [2.45, 2.75) is 37.8 Å². The van der Waals surface area contributed by atoms with Crippen LogP contribution in [0.2, 0.25) is 5.02 Å². The third kappa shape index (κ3) is 8.14. The first-order valence-electron chi connectivity index (χ1n) is 17.0. The lowest BCUT2D eigenvalue weighted by molar-refractivity contribution is 0.0781. The number of carbonyl (C=O) groups excluding carboxylic acids is 1. The summed E-state index contributed by atoms with van der Waals surface area (Å²) in [6.07, 6.45) is 6.62. The number of pyridine rings is 1. The van der Waals surface area contributed by atoms with E-state index in [9.17, 15) is 4.79 Å². The molecule has 1 aliphatic rings. The molecule has 3 heterocycles. The molecule has 5 aromatic rings. The third-order valence-corrected chi connectivity index (χ3v) is 9.74. The van der Waals surface area contributed by atoms with Crippen LogP contribution in [0.4, 0.5) is 5.95 Å². The van der Waals surface area contributed by atoms with E-state index >= 15 is 0 Å². The number of ether oxygens (including phenoxy) is 3. The zero-order chi connectivity index (χ0) is 35.0. The van der Waals surface area contributed by atoms with Gasteiger partial charge in [-0.1, -0.05) is 41.9 Å². The molecule has 1 N–H and O–H groups in total. The normalized spacial score (nSPS) is 14.3. The predicted molar refractivity (Wildman–Crippen MR) is 198 cm³/mol. The Morgan fingerprint density at radius 3 is 2.42 bits per heavy atom. The maximum absolute atomic E-state index is 13.7. The smallest absolute Gasteiger partial charge is 0.253 e. The van der Waals surface area contributed by atoms with Crippen LogP contribution in [0.25, 0.3) is 11.0 Å². The monoisotopic (exact) mass is 696 g/mol. The number of anilines is 1. The number of aromatic nitrogens is 3. The zero-order valence-corrected chi connectivity index (χ0v) is 29.9. The number of benzene rings is 3. The van der Waals surface area contributed by atoms with E-state index in [1.165, 1.54) is 0 Å². The van der Waals surface area contributed by atoms with E-state index in [0.29, 0.717) is 47.0 Å². The van der Waals surface area contributed by atoms with E-state index in [2.05, 4.69) is 50.1 Å². The van der Waals surface area contributed by atoms with E-state index in [-0.39, 0.29) is 11.8 Å². The molecule has 3 aromatic carbocycles. The molecule has 6 rings (SSSR count). The van der Waals surface area contributed by atoms with Crippen LogP contribution < -0.4 is 19.5 Å². The quantitative estimate of drug-likeness (QED) is 0.133. The summed E-state index contributed by atoms with van der Waals surface area (Å²) in [5.74, 6) is 2.20. The fourth-order valence-electron chi connectivity index (χ4n) is 6.80. The molecule has 1 fully saturated rings. The minimum atomic E-state index is -0.127. The largest absolute Gasteiger partial charge is 0.493 e. The first-order valence-corrected chi connectivity index (χ1v) is 17.4. The lowest BCUT2D eigenvalue weighted by Crippen LogP contribution is -2.40. The summed E-state index contributed by atoms with van der Waals surface area (Å²) in [5.41, 5.74) is 4.81. The molecule has 1 unspecified atom stereocenters. The van der Waals surface area contributed by atoms with Crippen molar-refractivity contribution >= 4 is 34.5 Å². The molecule has 262 valence electrons. The summed E-state index contributed by atoms with van der Waals surface area (Å²) in [4.78, 5) is 27.3. The van der Waals surface area contributed by atoms with Crippen molar-refractivity contribution < 1.29 is 19.0 Å². The SMILES string of the molecule is COc1cc(C(=O)N(C)CC(CCN2CCC(Nc3nc4ccccc4n3Cc3cccnc3)CC2)c2cccc(Cl)c2)cc(OC)c1OC. The van der Waals surface area contributed by atoms with Gasteiger partial charge in [-0.3, -0.25) is 9.78 Å². The van der Waals surface area contributed by atoms with E-state index in [4.69, 9.17) is 30.8 Å². The number of nitrogens with zero attached hydrogens (tertiary/aromatic N) is 5. The van der Waals surface area contributed by atoms with Crippen molar-refractivity contribution in [3.8, 4) is 17.2 Å². The molecule has 11 heteroatoms. The van der Waals surface area contributed by atoms with Crippen LogP contribution in [0, 0.1) is 0 Å². The van der Waals surface area contributed by atoms with Crippen LogP contribution in [-0.4, -0.2) is 90.8 Å². The molecule has 0 spiro atoms. The number of fused-ring (bicyclic) bond motifs is 1. The number of rotatable bonds is 14. The molecular formula is C39H45ClN6O4. The molecule has 1 amide bonds. The number of likely N-dealkylation sites (N-methyl/N-ethyl adjacent to an activating group) is 1. The maximum atomic E-state index is 13.7. The molecule has 2 aromatic heterocycles.